The van der Waals surface area contributed by atoms with Crippen LogP contribution in [0, 0.1) is 0 Å². The van der Waals surface area contributed by atoms with Gasteiger partial charge in [0.15, 0.2) is 0 Å². The number of benzene rings is 1. The molecule has 1 aromatic heterocycles. The van der Waals surface area contributed by atoms with Crippen molar-refractivity contribution in [3.63, 3.8) is 0 Å². The van der Waals surface area contributed by atoms with E-state index in [0.29, 0.717) is 0 Å². The molecule has 3 heterocycles. The predicted octanol–water partition coefficient (Wildman–Crippen LogP) is 2.80. The number of fused-ring (bicyclic) bond motifs is 1. The van der Waals surface area contributed by atoms with Gasteiger partial charge in [0.25, 0.3) is 0 Å². The quantitative estimate of drug-likeness (QED) is 0.929. The summed E-state index contributed by atoms with van der Waals surface area (Å²) in [4.78, 5) is 5.32. The van der Waals surface area contributed by atoms with Gasteiger partial charge in [0.05, 0.1) is 0 Å². The van der Waals surface area contributed by atoms with E-state index in [1.165, 1.54) is 48.2 Å². The minimum Gasteiger partial charge on any atom is -0.314 e. The van der Waals surface area contributed by atoms with Gasteiger partial charge in [0.1, 0.15) is 0 Å². The fourth-order valence-corrected chi connectivity index (χ4v) is 4.65. The summed E-state index contributed by atoms with van der Waals surface area (Å²) in [6, 6.07) is 9.57. The number of halogens is 1. The summed E-state index contributed by atoms with van der Waals surface area (Å²) in [6.45, 7) is 8.37. The van der Waals surface area contributed by atoms with Crippen LogP contribution in [-0.4, -0.2) is 55.1 Å². The maximum absolute atomic E-state index is 3.45. The number of hydrogen-bond donors (Lipinski definition) is 1. The molecule has 0 aliphatic carbocycles. The average Bonchev–Trinajstić information content (AvgIpc) is 3.17. The highest BCUT2D eigenvalue weighted by Gasteiger charge is 2.28. The molecule has 4 rings (SSSR count). The van der Waals surface area contributed by atoms with Gasteiger partial charge in [-0.25, -0.2) is 0 Å². The van der Waals surface area contributed by atoms with Crippen LogP contribution in [0.4, 0.5) is 0 Å². The lowest BCUT2D eigenvalue weighted by molar-refractivity contribution is 0.170. The maximum atomic E-state index is 3.45. The van der Waals surface area contributed by atoms with Crippen LogP contribution >= 0.6 is 23.7 Å². The number of nitrogens with zero attached hydrogens (tertiary/aromatic N) is 2. The Bertz CT molecular complexity index is 609. The van der Waals surface area contributed by atoms with E-state index in [4.69, 9.17) is 0 Å². The zero-order valence-electron chi connectivity index (χ0n) is 12.8. The molecule has 0 saturated carbocycles. The van der Waals surface area contributed by atoms with Gasteiger partial charge in [-0.2, -0.15) is 0 Å². The lowest BCUT2D eigenvalue weighted by atomic mass is 10.1. The van der Waals surface area contributed by atoms with Crippen molar-refractivity contribution in [1.29, 1.82) is 0 Å². The zero-order chi connectivity index (χ0) is 14.1. The fraction of sp³-hybridized carbons (Fsp3) is 0.529. The predicted molar refractivity (Wildman–Crippen MR) is 97.2 cm³/mol. The molecule has 1 unspecified atom stereocenters. The van der Waals surface area contributed by atoms with Crippen LogP contribution in [0.2, 0.25) is 0 Å². The minimum atomic E-state index is 0. The Kier molecular flexibility index (Phi) is 5.37. The molecule has 22 heavy (non-hydrogen) atoms. The number of hydrogen-bond acceptors (Lipinski definition) is 4. The molecule has 1 aromatic carbocycles. The topological polar surface area (TPSA) is 18.5 Å². The Morgan fingerprint density at radius 3 is 2.82 bits per heavy atom. The second-order valence-electron chi connectivity index (χ2n) is 6.22. The van der Waals surface area contributed by atoms with Crippen LogP contribution in [0.1, 0.15) is 12.0 Å². The summed E-state index contributed by atoms with van der Waals surface area (Å²) in [6.07, 6.45) is 1.34. The van der Waals surface area contributed by atoms with Crippen molar-refractivity contribution in [3.05, 3.63) is 35.2 Å². The van der Waals surface area contributed by atoms with E-state index in [1.54, 1.807) is 0 Å². The highest BCUT2D eigenvalue weighted by Crippen LogP contribution is 2.28. The summed E-state index contributed by atoms with van der Waals surface area (Å²) in [5.74, 6) is 0. The van der Waals surface area contributed by atoms with Crippen molar-refractivity contribution in [2.45, 2.75) is 19.0 Å². The highest BCUT2D eigenvalue weighted by molar-refractivity contribution is 7.17. The number of thiophene rings is 1. The standard InChI is InChI=1S/C17H23N3S.ClH/c1-2-4-17-16(3-1)14(13-21-17)11-19-8-5-15(12-19)20-9-6-18-7-10-20;/h1-4,13,15,18H,5-12H2;1H. The van der Waals surface area contributed by atoms with E-state index >= 15 is 0 Å². The Morgan fingerprint density at radius 2 is 1.95 bits per heavy atom. The summed E-state index contributed by atoms with van der Waals surface area (Å²) in [7, 11) is 0. The molecule has 1 atom stereocenters. The van der Waals surface area contributed by atoms with E-state index in [1.807, 2.05) is 11.3 Å². The van der Waals surface area contributed by atoms with E-state index < -0.39 is 0 Å². The lowest BCUT2D eigenvalue weighted by Crippen LogP contribution is -2.49. The van der Waals surface area contributed by atoms with Crippen molar-refractivity contribution in [1.82, 2.24) is 15.1 Å². The zero-order valence-corrected chi connectivity index (χ0v) is 14.5. The van der Waals surface area contributed by atoms with Gasteiger partial charge in [-0.3, -0.25) is 9.80 Å². The summed E-state index contributed by atoms with van der Waals surface area (Å²) in [5.41, 5.74) is 1.51. The van der Waals surface area contributed by atoms with Gasteiger partial charge in [-0.1, -0.05) is 18.2 Å². The number of rotatable bonds is 3. The van der Waals surface area contributed by atoms with Crippen molar-refractivity contribution in [2.24, 2.45) is 0 Å². The molecule has 2 aliphatic rings. The van der Waals surface area contributed by atoms with Crippen LogP contribution in [0.3, 0.4) is 0 Å². The van der Waals surface area contributed by atoms with Crippen LogP contribution < -0.4 is 5.32 Å². The van der Waals surface area contributed by atoms with Crippen LogP contribution in [-0.2, 0) is 6.54 Å². The van der Waals surface area contributed by atoms with E-state index in [9.17, 15) is 0 Å². The first-order valence-electron chi connectivity index (χ1n) is 8.02. The molecule has 0 spiro atoms. The third-order valence-electron chi connectivity index (χ3n) is 4.87. The molecule has 3 nitrogen and oxygen atoms in total. The molecule has 120 valence electrons. The normalized spacial score (nSPS) is 23.7. The van der Waals surface area contributed by atoms with E-state index in [2.05, 4.69) is 44.8 Å². The number of piperazine rings is 1. The average molecular weight is 338 g/mol. The fourth-order valence-electron chi connectivity index (χ4n) is 3.70. The van der Waals surface area contributed by atoms with Crippen LogP contribution in [0.25, 0.3) is 10.1 Å². The Morgan fingerprint density at radius 1 is 1.14 bits per heavy atom. The van der Waals surface area contributed by atoms with Gasteiger partial charge in [0.2, 0.25) is 0 Å². The van der Waals surface area contributed by atoms with Gasteiger partial charge in [-0.05, 0) is 28.8 Å². The van der Waals surface area contributed by atoms with Crippen LogP contribution in [0.5, 0.6) is 0 Å². The molecule has 1 N–H and O–H groups in total. The van der Waals surface area contributed by atoms with E-state index in [0.717, 1.165) is 25.7 Å². The summed E-state index contributed by atoms with van der Waals surface area (Å²) in [5, 5.41) is 7.25. The van der Waals surface area contributed by atoms with Crippen LogP contribution in [0.15, 0.2) is 29.6 Å². The van der Waals surface area contributed by atoms with Crippen molar-refractivity contribution in [3.8, 4) is 0 Å². The Hall–Kier alpha value is -0.650. The molecule has 0 amide bonds. The summed E-state index contributed by atoms with van der Waals surface area (Å²) < 4.78 is 1.42. The van der Waals surface area contributed by atoms with Gasteiger partial charge in [-0.15, -0.1) is 23.7 Å². The van der Waals surface area contributed by atoms with E-state index in [-0.39, 0.29) is 12.4 Å². The molecule has 0 bridgehead atoms. The molecule has 5 heteroatoms. The third-order valence-corrected chi connectivity index (χ3v) is 5.88. The molecular formula is C17H24ClN3S. The largest absolute Gasteiger partial charge is 0.314 e. The highest BCUT2D eigenvalue weighted by atomic mass is 35.5. The number of likely N-dealkylation sites (tertiary alicyclic amines) is 1. The number of nitrogens with one attached hydrogen (secondary N) is 1. The molecule has 2 aliphatic heterocycles. The maximum Gasteiger partial charge on any atom is 0.0346 e. The molecule has 2 fully saturated rings. The molecule has 0 radical (unpaired) electrons. The first-order chi connectivity index (χ1) is 10.4. The second kappa shape index (κ2) is 7.28. The molecular weight excluding hydrogens is 314 g/mol. The first-order valence-corrected chi connectivity index (χ1v) is 8.90. The lowest BCUT2D eigenvalue weighted by Gasteiger charge is -2.32. The smallest absolute Gasteiger partial charge is 0.0346 e. The first kappa shape index (κ1) is 16.2. The van der Waals surface area contributed by atoms with Crippen molar-refractivity contribution < 1.29 is 0 Å². The molecule has 2 aromatic rings. The Balaban J connectivity index is 0.00000144. The van der Waals surface area contributed by atoms with Gasteiger partial charge >= 0.3 is 0 Å². The minimum absolute atomic E-state index is 0. The second-order valence-corrected chi connectivity index (χ2v) is 7.13. The van der Waals surface area contributed by atoms with Crippen molar-refractivity contribution >= 4 is 33.8 Å². The Labute approximate surface area is 142 Å². The monoisotopic (exact) mass is 337 g/mol. The third kappa shape index (κ3) is 3.31. The molecule has 2 saturated heterocycles. The van der Waals surface area contributed by atoms with Crippen molar-refractivity contribution in [2.75, 3.05) is 39.3 Å². The van der Waals surface area contributed by atoms with Gasteiger partial charge < -0.3 is 5.32 Å². The SMILES string of the molecule is Cl.c1ccc2c(CN3CCC(N4CCNCC4)C3)csc2c1. The van der Waals surface area contributed by atoms with Gasteiger partial charge in [0, 0.05) is 56.6 Å². The summed E-state index contributed by atoms with van der Waals surface area (Å²) >= 11 is 1.88.